The number of carbonyl (C=O) groups is 2. The largest absolute Gasteiger partial charge is 0.478 e. The molecule has 0 radical (unpaired) electrons. The predicted molar refractivity (Wildman–Crippen MR) is 78.1 cm³/mol. The highest BCUT2D eigenvalue weighted by atomic mass is 32.2. The van der Waals surface area contributed by atoms with Gasteiger partial charge in [-0.05, 0) is 24.1 Å². The number of aromatic carboxylic acids is 1. The Labute approximate surface area is 120 Å². The molecule has 0 atom stereocenters. The monoisotopic (exact) mass is 293 g/mol. The Hall–Kier alpha value is -1.66. The third kappa shape index (κ3) is 3.02. The summed E-state index contributed by atoms with van der Waals surface area (Å²) in [6.07, 6.45) is 0.556. The molecule has 2 rings (SSSR count). The molecular weight excluding hydrogens is 282 g/mol. The summed E-state index contributed by atoms with van der Waals surface area (Å²) in [6.45, 7) is 4.07. The molecule has 1 heterocycles. The van der Waals surface area contributed by atoms with Crippen LogP contribution >= 0.6 is 24.0 Å². The van der Waals surface area contributed by atoms with Gasteiger partial charge in [-0.25, -0.2) is 4.79 Å². The van der Waals surface area contributed by atoms with Crippen LogP contribution < -0.4 is 0 Å². The van der Waals surface area contributed by atoms with Crippen LogP contribution in [0.2, 0.25) is 0 Å². The fraction of sp³-hybridized carbons (Fsp3) is 0.154. The fourth-order valence-corrected chi connectivity index (χ4v) is 2.90. The van der Waals surface area contributed by atoms with E-state index in [0.29, 0.717) is 22.2 Å². The molecule has 0 aromatic heterocycles. The molecule has 6 heteroatoms. The van der Waals surface area contributed by atoms with Gasteiger partial charge in [0.15, 0.2) is 0 Å². The van der Waals surface area contributed by atoms with Crippen LogP contribution in [0.3, 0.4) is 0 Å². The van der Waals surface area contributed by atoms with Gasteiger partial charge in [0.05, 0.1) is 10.5 Å². The Morgan fingerprint density at radius 3 is 2.79 bits per heavy atom. The van der Waals surface area contributed by atoms with Crippen molar-refractivity contribution < 1.29 is 14.7 Å². The summed E-state index contributed by atoms with van der Waals surface area (Å²) in [5.74, 6) is -1.12. The minimum absolute atomic E-state index is 0.163. The van der Waals surface area contributed by atoms with Crippen LogP contribution in [-0.4, -0.2) is 32.7 Å². The zero-order chi connectivity index (χ0) is 14.0. The Morgan fingerprint density at radius 2 is 2.21 bits per heavy atom. The maximum Gasteiger partial charge on any atom is 0.335 e. The maximum atomic E-state index is 11.7. The van der Waals surface area contributed by atoms with E-state index in [9.17, 15) is 9.59 Å². The third-order valence-corrected chi connectivity index (χ3v) is 4.00. The number of benzene rings is 1. The summed E-state index contributed by atoms with van der Waals surface area (Å²) in [4.78, 5) is 24.5. The van der Waals surface area contributed by atoms with E-state index >= 15 is 0 Å². The molecule has 0 saturated carbocycles. The number of carboxylic acids is 1. The number of thiocarbonyl (C=S) groups is 1. The van der Waals surface area contributed by atoms with Crippen LogP contribution in [0.1, 0.15) is 15.9 Å². The van der Waals surface area contributed by atoms with Crippen LogP contribution in [-0.2, 0) is 11.2 Å². The van der Waals surface area contributed by atoms with Crippen LogP contribution in [0, 0.1) is 0 Å². The molecule has 0 aliphatic carbocycles. The zero-order valence-corrected chi connectivity index (χ0v) is 11.6. The molecule has 98 valence electrons. The van der Waals surface area contributed by atoms with E-state index in [0.717, 1.165) is 5.56 Å². The quantitative estimate of drug-likeness (QED) is 0.682. The lowest BCUT2D eigenvalue weighted by molar-refractivity contribution is -0.122. The van der Waals surface area contributed by atoms with Gasteiger partial charge in [-0.3, -0.25) is 9.69 Å². The number of thioether (sulfide) groups is 1. The summed E-state index contributed by atoms with van der Waals surface area (Å²) in [6, 6.07) is 6.66. The van der Waals surface area contributed by atoms with Crippen LogP contribution in [0.4, 0.5) is 0 Å². The summed E-state index contributed by atoms with van der Waals surface area (Å²) in [5.41, 5.74) is 1.10. The van der Waals surface area contributed by atoms with Gasteiger partial charge in [0, 0.05) is 6.54 Å². The van der Waals surface area contributed by atoms with Gasteiger partial charge in [0.25, 0.3) is 5.91 Å². The van der Waals surface area contributed by atoms with E-state index in [2.05, 4.69) is 6.58 Å². The van der Waals surface area contributed by atoms with E-state index < -0.39 is 5.97 Å². The highest BCUT2D eigenvalue weighted by molar-refractivity contribution is 8.26. The van der Waals surface area contributed by atoms with Crippen molar-refractivity contribution in [2.75, 3.05) is 6.54 Å². The Balaban J connectivity index is 2.05. The van der Waals surface area contributed by atoms with Gasteiger partial charge in [-0.15, -0.1) is 0 Å². The molecule has 1 aromatic carbocycles. The molecule has 1 aromatic rings. The number of carboxylic acid groups (broad SMARTS) is 1. The number of nitrogens with zero attached hydrogens (tertiary/aromatic N) is 1. The number of amides is 1. The van der Waals surface area contributed by atoms with Crippen molar-refractivity contribution in [3.05, 3.63) is 46.9 Å². The average molecular weight is 293 g/mol. The lowest BCUT2D eigenvalue weighted by Gasteiger charge is -2.14. The van der Waals surface area contributed by atoms with Crippen molar-refractivity contribution in [3.8, 4) is 0 Å². The Kier molecular flexibility index (Phi) is 4.01. The van der Waals surface area contributed by atoms with E-state index in [-0.39, 0.29) is 11.5 Å². The Bertz CT molecular complexity index is 583. The molecule has 1 aliphatic rings. The van der Waals surface area contributed by atoms with Gasteiger partial charge in [-0.1, -0.05) is 42.7 Å². The van der Waals surface area contributed by atoms with Gasteiger partial charge in [-0.2, -0.15) is 0 Å². The minimum Gasteiger partial charge on any atom is -0.478 e. The minimum atomic E-state index is -0.960. The molecule has 1 amide bonds. The first-order valence-electron chi connectivity index (χ1n) is 5.54. The lowest BCUT2D eigenvalue weighted by Crippen LogP contribution is -2.30. The third-order valence-electron chi connectivity index (χ3n) is 2.71. The number of rotatable bonds is 4. The number of hydrogen-bond acceptors (Lipinski definition) is 4. The average Bonchev–Trinajstić information content (AvgIpc) is 2.61. The van der Waals surface area contributed by atoms with E-state index in [1.807, 2.05) is 6.07 Å². The predicted octanol–water partition coefficient (Wildman–Crippen LogP) is 2.30. The highest BCUT2D eigenvalue weighted by Gasteiger charge is 2.29. The van der Waals surface area contributed by atoms with E-state index in [1.165, 1.54) is 22.7 Å². The molecule has 4 nitrogen and oxygen atoms in total. The first-order valence-corrected chi connectivity index (χ1v) is 6.76. The van der Waals surface area contributed by atoms with Crippen molar-refractivity contribution in [3.63, 3.8) is 0 Å². The Morgan fingerprint density at radius 1 is 1.47 bits per heavy atom. The van der Waals surface area contributed by atoms with Crippen molar-refractivity contribution >= 4 is 40.2 Å². The number of carbonyl (C=O) groups excluding carboxylic acids is 1. The van der Waals surface area contributed by atoms with Crippen molar-refractivity contribution in [1.29, 1.82) is 0 Å². The molecule has 1 fully saturated rings. The molecule has 1 aliphatic heterocycles. The first kappa shape index (κ1) is 13.8. The molecule has 1 saturated heterocycles. The summed E-state index contributed by atoms with van der Waals surface area (Å²) in [7, 11) is 0. The summed E-state index contributed by atoms with van der Waals surface area (Å²) < 4.78 is 0.504. The first-order chi connectivity index (χ1) is 8.99. The SMILES string of the molecule is C=C1SC(=S)N(CCc2cccc(C(=O)O)c2)C1=O. The van der Waals surface area contributed by atoms with Crippen LogP contribution in [0.5, 0.6) is 0 Å². The molecule has 1 N–H and O–H groups in total. The summed E-state index contributed by atoms with van der Waals surface area (Å²) >= 11 is 6.29. The molecule has 19 heavy (non-hydrogen) atoms. The lowest BCUT2D eigenvalue weighted by atomic mass is 10.1. The molecule has 0 spiro atoms. The van der Waals surface area contributed by atoms with E-state index in [4.69, 9.17) is 17.3 Å². The van der Waals surface area contributed by atoms with Gasteiger partial charge < -0.3 is 5.11 Å². The second kappa shape index (κ2) is 5.54. The molecule has 0 bridgehead atoms. The topological polar surface area (TPSA) is 57.6 Å². The maximum absolute atomic E-state index is 11.7. The fourth-order valence-electron chi connectivity index (χ4n) is 1.73. The van der Waals surface area contributed by atoms with Gasteiger partial charge in [0.1, 0.15) is 4.32 Å². The van der Waals surface area contributed by atoms with Gasteiger partial charge in [0.2, 0.25) is 0 Å². The van der Waals surface area contributed by atoms with Crippen molar-refractivity contribution in [1.82, 2.24) is 4.90 Å². The zero-order valence-electron chi connectivity index (χ0n) is 9.96. The van der Waals surface area contributed by atoms with Crippen LogP contribution in [0.15, 0.2) is 35.7 Å². The smallest absolute Gasteiger partial charge is 0.335 e. The van der Waals surface area contributed by atoms with Crippen LogP contribution in [0.25, 0.3) is 0 Å². The number of hydrogen-bond donors (Lipinski definition) is 1. The second-order valence-electron chi connectivity index (χ2n) is 4.00. The van der Waals surface area contributed by atoms with Crippen molar-refractivity contribution in [2.45, 2.75) is 6.42 Å². The molecule has 0 unspecified atom stereocenters. The van der Waals surface area contributed by atoms with Crippen molar-refractivity contribution in [2.24, 2.45) is 0 Å². The standard InChI is InChI=1S/C13H11NO3S2/c1-8-11(15)14(13(18)19-8)6-5-9-3-2-4-10(7-9)12(16)17/h2-4,7H,1,5-6H2,(H,16,17). The van der Waals surface area contributed by atoms with E-state index in [1.54, 1.807) is 12.1 Å². The summed E-state index contributed by atoms with van der Waals surface area (Å²) in [5, 5.41) is 8.91. The highest BCUT2D eigenvalue weighted by Crippen LogP contribution is 2.29. The molecular formula is C13H11NO3S2. The second-order valence-corrected chi connectivity index (χ2v) is 5.73. The normalized spacial score (nSPS) is 15.2. The van der Waals surface area contributed by atoms with Gasteiger partial charge >= 0.3 is 5.97 Å².